The highest BCUT2D eigenvalue weighted by molar-refractivity contribution is 9.10. The Hall–Kier alpha value is -1.10. The van der Waals surface area contributed by atoms with Gasteiger partial charge in [0.1, 0.15) is 5.82 Å². The number of hydrogen-bond donors (Lipinski definition) is 0. The summed E-state index contributed by atoms with van der Waals surface area (Å²) >= 11 is 3.39. The monoisotopic (exact) mass is 295 g/mol. The average Bonchev–Trinajstić information content (AvgIpc) is 2.72. The summed E-state index contributed by atoms with van der Waals surface area (Å²) in [5.74, 6) is 1.32. The third-order valence-corrected chi connectivity index (χ3v) is 4.00. The van der Waals surface area contributed by atoms with E-state index in [0.717, 1.165) is 36.3 Å². The topological polar surface area (TPSA) is 36.4 Å². The van der Waals surface area contributed by atoms with Gasteiger partial charge in [-0.25, -0.2) is 4.98 Å². The van der Waals surface area contributed by atoms with E-state index in [4.69, 9.17) is 0 Å². The lowest BCUT2D eigenvalue weighted by Gasteiger charge is -2.38. The van der Waals surface area contributed by atoms with Crippen LogP contribution in [0.4, 0.5) is 5.82 Å². The number of hydrogen-bond acceptors (Lipinski definition) is 3. The van der Waals surface area contributed by atoms with Crippen molar-refractivity contribution in [3.8, 4) is 0 Å². The molecule has 2 saturated heterocycles. The minimum absolute atomic E-state index is 0.318. The molecule has 3 rings (SSSR count). The number of halogens is 1. The van der Waals surface area contributed by atoms with Crippen LogP contribution in [0.25, 0.3) is 0 Å². The minimum Gasteiger partial charge on any atom is -0.353 e. The summed E-state index contributed by atoms with van der Waals surface area (Å²) in [5, 5.41) is 0. The second-order valence-electron chi connectivity index (χ2n) is 4.56. The largest absolute Gasteiger partial charge is 0.353 e. The molecule has 3 heterocycles. The maximum absolute atomic E-state index is 11.6. The molecule has 2 aliphatic rings. The molecule has 0 bridgehead atoms. The fraction of sp³-hybridized carbons (Fsp3) is 0.500. The molecule has 0 spiro atoms. The number of pyridine rings is 1. The normalized spacial score (nSPS) is 24.1. The van der Waals surface area contributed by atoms with Crippen LogP contribution in [-0.4, -0.2) is 41.5 Å². The van der Waals surface area contributed by atoms with Crippen molar-refractivity contribution in [3.63, 3.8) is 0 Å². The molecule has 5 heteroatoms. The van der Waals surface area contributed by atoms with Gasteiger partial charge in [0.15, 0.2) is 0 Å². The fourth-order valence-corrected chi connectivity index (χ4v) is 2.86. The van der Waals surface area contributed by atoms with Gasteiger partial charge in [-0.15, -0.1) is 0 Å². The predicted molar refractivity (Wildman–Crippen MR) is 68.9 cm³/mol. The highest BCUT2D eigenvalue weighted by Gasteiger charge is 2.35. The van der Waals surface area contributed by atoms with E-state index >= 15 is 0 Å². The summed E-state index contributed by atoms with van der Waals surface area (Å²) in [7, 11) is 0. The fourth-order valence-electron chi connectivity index (χ4n) is 2.63. The standard InChI is InChI=1S/C12H14BrN3O/c13-9-1-3-11(14-7-9)15-5-6-16-10(8-15)2-4-12(16)17/h1,3,7,10H,2,4-6,8H2. The van der Waals surface area contributed by atoms with Crippen molar-refractivity contribution in [2.75, 3.05) is 24.5 Å². The molecule has 1 amide bonds. The third-order valence-electron chi connectivity index (χ3n) is 3.53. The Balaban J connectivity index is 1.75. The van der Waals surface area contributed by atoms with Crippen molar-refractivity contribution in [1.82, 2.24) is 9.88 Å². The van der Waals surface area contributed by atoms with E-state index in [1.54, 1.807) is 0 Å². The number of carbonyl (C=O) groups excluding carboxylic acids is 1. The zero-order valence-electron chi connectivity index (χ0n) is 9.47. The van der Waals surface area contributed by atoms with Crippen molar-refractivity contribution < 1.29 is 4.79 Å². The van der Waals surface area contributed by atoms with Crippen LogP contribution in [0.5, 0.6) is 0 Å². The maximum atomic E-state index is 11.6. The lowest BCUT2D eigenvalue weighted by atomic mass is 10.1. The summed E-state index contributed by atoms with van der Waals surface area (Å²) in [6.07, 6.45) is 3.53. The molecule has 0 saturated carbocycles. The Morgan fingerprint density at radius 1 is 1.35 bits per heavy atom. The minimum atomic E-state index is 0.318. The molecule has 90 valence electrons. The number of piperazine rings is 1. The second kappa shape index (κ2) is 4.29. The molecule has 1 aromatic rings. The van der Waals surface area contributed by atoms with E-state index in [1.165, 1.54) is 0 Å². The molecular weight excluding hydrogens is 282 g/mol. The van der Waals surface area contributed by atoms with Gasteiger partial charge in [0.2, 0.25) is 5.91 Å². The van der Waals surface area contributed by atoms with Gasteiger partial charge >= 0.3 is 0 Å². The number of nitrogens with zero attached hydrogens (tertiary/aromatic N) is 3. The zero-order valence-corrected chi connectivity index (χ0v) is 11.1. The van der Waals surface area contributed by atoms with Gasteiger partial charge in [-0.2, -0.15) is 0 Å². The molecule has 17 heavy (non-hydrogen) atoms. The van der Waals surface area contributed by atoms with Crippen LogP contribution in [-0.2, 0) is 4.79 Å². The number of aromatic nitrogens is 1. The van der Waals surface area contributed by atoms with E-state index in [0.29, 0.717) is 18.4 Å². The van der Waals surface area contributed by atoms with Gasteiger partial charge in [0.25, 0.3) is 0 Å². The first-order valence-electron chi connectivity index (χ1n) is 5.90. The molecule has 1 aromatic heterocycles. The summed E-state index contributed by atoms with van der Waals surface area (Å²) < 4.78 is 0.996. The Kier molecular flexibility index (Phi) is 2.78. The van der Waals surface area contributed by atoms with Gasteiger partial charge in [-0.1, -0.05) is 0 Å². The van der Waals surface area contributed by atoms with Crippen LogP contribution >= 0.6 is 15.9 Å². The summed E-state index contributed by atoms with van der Waals surface area (Å²) in [6, 6.07) is 4.42. The maximum Gasteiger partial charge on any atom is 0.223 e. The van der Waals surface area contributed by atoms with Crippen LogP contribution in [0.2, 0.25) is 0 Å². The lowest BCUT2D eigenvalue weighted by molar-refractivity contribution is -0.129. The Morgan fingerprint density at radius 2 is 2.24 bits per heavy atom. The summed E-state index contributed by atoms with van der Waals surface area (Å²) in [4.78, 5) is 20.3. The Bertz CT molecular complexity index is 434. The molecular formula is C12H14BrN3O. The number of anilines is 1. The van der Waals surface area contributed by atoms with E-state index in [-0.39, 0.29) is 0 Å². The van der Waals surface area contributed by atoms with E-state index in [9.17, 15) is 4.79 Å². The van der Waals surface area contributed by atoms with Gasteiger partial charge in [0, 0.05) is 42.8 Å². The summed E-state index contributed by atoms with van der Waals surface area (Å²) in [5.41, 5.74) is 0. The van der Waals surface area contributed by atoms with Crippen molar-refractivity contribution in [3.05, 3.63) is 22.8 Å². The smallest absolute Gasteiger partial charge is 0.223 e. The van der Waals surface area contributed by atoms with Gasteiger partial charge in [0.05, 0.1) is 0 Å². The molecule has 0 aliphatic carbocycles. The van der Waals surface area contributed by atoms with Crippen LogP contribution in [0.3, 0.4) is 0 Å². The number of amides is 1. The Morgan fingerprint density at radius 3 is 3.00 bits per heavy atom. The first kappa shape index (κ1) is 11.0. The second-order valence-corrected chi connectivity index (χ2v) is 5.48. The third kappa shape index (κ3) is 2.04. The molecule has 0 aromatic carbocycles. The molecule has 4 nitrogen and oxygen atoms in total. The Labute approximate surface area is 109 Å². The first-order valence-corrected chi connectivity index (χ1v) is 6.69. The quantitative estimate of drug-likeness (QED) is 0.791. The van der Waals surface area contributed by atoms with Gasteiger partial charge in [-0.3, -0.25) is 4.79 Å². The van der Waals surface area contributed by atoms with E-state index < -0.39 is 0 Å². The van der Waals surface area contributed by atoms with Crippen LogP contribution in [0.15, 0.2) is 22.8 Å². The number of fused-ring (bicyclic) bond motifs is 1. The molecule has 2 aliphatic heterocycles. The zero-order chi connectivity index (χ0) is 11.8. The highest BCUT2D eigenvalue weighted by atomic mass is 79.9. The average molecular weight is 296 g/mol. The van der Waals surface area contributed by atoms with Crippen molar-refractivity contribution in [1.29, 1.82) is 0 Å². The molecule has 1 atom stereocenters. The SMILES string of the molecule is O=C1CCC2CN(c3ccc(Br)cn3)CCN12. The molecule has 2 fully saturated rings. The lowest BCUT2D eigenvalue weighted by Crippen LogP contribution is -2.51. The molecule has 1 unspecified atom stereocenters. The molecule has 0 radical (unpaired) electrons. The predicted octanol–water partition coefficient (Wildman–Crippen LogP) is 1.66. The van der Waals surface area contributed by atoms with Crippen LogP contribution in [0, 0.1) is 0 Å². The van der Waals surface area contributed by atoms with Gasteiger partial charge in [-0.05, 0) is 34.5 Å². The molecule has 0 N–H and O–H groups in total. The van der Waals surface area contributed by atoms with Crippen LogP contribution in [0.1, 0.15) is 12.8 Å². The van der Waals surface area contributed by atoms with Crippen molar-refractivity contribution in [2.24, 2.45) is 0 Å². The van der Waals surface area contributed by atoms with Crippen molar-refractivity contribution >= 4 is 27.7 Å². The number of carbonyl (C=O) groups is 1. The first-order chi connectivity index (χ1) is 8.24. The van der Waals surface area contributed by atoms with E-state index in [2.05, 4.69) is 25.8 Å². The van der Waals surface area contributed by atoms with Crippen molar-refractivity contribution in [2.45, 2.75) is 18.9 Å². The number of rotatable bonds is 1. The van der Waals surface area contributed by atoms with Gasteiger partial charge < -0.3 is 9.80 Å². The van der Waals surface area contributed by atoms with Crippen LogP contribution < -0.4 is 4.90 Å². The summed E-state index contributed by atoms with van der Waals surface area (Å²) in [6.45, 7) is 2.64. The highest BCUT2D eigenvalue weighted by Crippen LogP contribution is 2.25. The van der Waals surface area contributed by atoms with E-state index in [1.807, 2.05) is 23.2 Å².